The summed E-state index contributed by atoms with van der Waals surface area (Å²) < 4.78 is 40.1. The first-order valence-corrected chi connectivity index (χ1v) is 8.80. The predicted molar refractivity (Wildman–Crippen MR) is 108 cm³/mol. The number of allylic oxidation sites excluding steroid dienone is 1. The van der Waals surface area contributed by atoms with Crippen molar-refractivity contribution < 1.29 is 22.8 Å². The second kappa shape index (κ2) is 9.04. The Morgan fingerprint density at radius 2 is 1.47 bits per heavy atom. The summed E-state index contributed by atoms with van der Waals surface area (Å²) in [4.78, 5) is 28.4. The highest BCUT2D eigenvalue weighted by molar-refractivity contribution is 6.07. The molecular weight excluding hydrogens is 395 g/mol. The molecule has 3 rings (SSSR count). The Morgan fingerprint density at radius 1 is 0.800 bits per heavy atom. The van der Waals surface area contributed by atoms with Gasteiger partial charge in [-0.05, 0) is 35.9 Å². The standard InChI is InChI=1S/C22H16F3N3O2/c23-22(24,25)19(15-5-2-1-3-6-15)14-20(29)27-18-8-4-7-16(13-18)21(30)28-17-9-11-26-12-10-17/h1-14H,(H,27,29)(H,26,28,30)/b19-14+. The summed E-state index contributed by atoms with van der Waals surface area (Å²) in [5, 5.41) is 5.03. The predicted octanol–water partition coefficient (Wildman–Crippen LogP) is 4.92. The Hall–Kier alpha value is -3.94. The molecule has 0 saturated heterocycles. The van der Waals surface area contributed by atoms with Gasteiger partial charge in [0.2, 0.25) is 5.91 Å². The van der Waals surface area contributed by atoms with Crippen molar-refractivity contribution in [3.05, 3.63) is 96.3 Å². The third-order valence-corrected chi connectivity index (χ3v) is 4.00. The fourth-order valence-electron chi connectivity index (χ4n) is 2.63. The number of hydrogen-bond acceptors (Lipinski definition) is 3. The van der Waals surface area contributed by atoms with E-state index in [0.29, 0.717) is 11.8 Å². The zero-order valence-corrected chi connectivity index (χ0v) is 15.5. The van der Waals surface area contributed by atoms with Gasteiger partial charge in [-0.25, -0.2) is 0 Å². The molecular formula is C22H16F3N3O2. The van der Waals surface area contributed by atoms with Crippen LogP contribution in [-0.4, -0.2) is 23.0 Å². The maximum atomic E-state index is 13.4. The molecule has 30 heavy (non-hydrogen) atoms. The molecule has 0 radical (unpaired) electrons. The van der Waals surface area contributed by atoms with Gasteiger partial charge in [0, 0.05) is 35.4 Å². The van der Waals surface area contributed by atoms with Crippen LogP contribution in [0, 0.1) is 0 Å². The summed E-state index contributed by atoms with van der Waals surface area (Å²) in [5.74, 6) is -1.40. The number of carbonyl (C=O) groups excluding carboxylic acids is 2. The summed E-state index contributed by atoms with van der Waals surface area (Å²) in [6.45, 7) is 0. The zero-order chi connectivity index (χ0) is 21.6. The van der Waals surface area contributed by atoms with E-state index in [4.69, 9.17) is 0 Å². The molecule has 152 valence electrons. The van der Waals surface area contributed by atoms with Crippen LogP contribution in [-0.2, 0) is 4.79 Å². The number of rotatable bonds is 5. The molecule has 2 aromatic carbocycles. The van der Waals surface area contributed by atoms with E-state index in [0.717, 1.165) is 0 Å². The van der Waals surface area contributed by atoms with Gasteiger partial charge in [0.25, 0.3) is 5.91 Å². The minimum atomic E-state index is -4.70. The van der Waals surface area contributed by atoms with Crippen molar-refractivity contribution in [2.24, 2.45) is 0 Å². The number of nitrogens with zero attached hydrogens (tertiary/aromatic N) is 1. The van der Waals surface area contributed by atoms with Gasteiger partial charge >= 0.3 is 6.18 Å². The van der Waals surface area contributed by atoms with Gasteiger partial charge in [-0.3, -0.25) is 14.6 Å². The summed E-state index contributed by atoms with van der Waals surface area (Å²) in [5.41, 5.74) is -0.233. The van der Waals surface area contributed by atoms with E-state index in [2.05, 4.69) is 15.6 Å². The van der Waals surface area contributed by atoms with Crippen molar-refractivity contribution in [3.63, 3.8) is 0 Å². The number of nitrogens with one attached hydrogen (secondary N) is 2. The second-order valence-electron chi connectivity index (χ2n) is 6.18. The number of pyridine rings is 1. The van der Waals surface area contributed by atoms with Gasteiger partial charge in [0.1, 0.15) is 0 Å². The summed E-state index contributed by atoms with van der Waals surface area (Å²) in [6, 6.07) is 16.1. The van der Waals surface area contributed by atoms with Gasteiger partial charge in [-0.2, -0.15) is 13.2 Å². The first-order valence-electron chi connectivity index (χ1n) is 8.80. The summed E-state index contributed by atoms with van der Waals surface area (Å²) in [6.07, 6.45) is -1.17. The van der Waals surface area contributed by atoms with Crippen molar-refractivity contribution in [3.8, 4) is 0 Å². The molecule has 1 aromatic heterocycles. The number of alkyl halides is 3. The topological polar surface area (TPSA) is 71.1 Å². The van der Waals surface area contributed by atoms with Gasteiger partial charge in [-0.15, -0.1) is 0 Å². The molecule has 5 nitrogen and oxygen atoms in total. The Balaban J connectivity index is 1.77. The van der Waals surface area contributed by atoms with Gasteiger partial charge < -0.3 is 10.6 Å². The Morgan fingerprint density at radius 3 is 2.13 bits per heavy atom. The van der Waals surface area contributed by atoms with Gasteiger partial charge in [-0.1, -0.05) is 36.4 Å². The number of anilines is 2. The SMILES string of the molecule is O=C(/C=C(\c1ccccc1)C(F)(F)F)Nc1cccc(C(=O)Nc2ccncc2)c1. The third-order valence-electron chi connectivity index (χ3n) is 4.00. The summed E-state index contributed by atoms with van der Waals surface area (Å²) in [7, 11) is 0. The third kappa shape index (κ3) is 5.54. The van der Waals surface area contributed by atoms with Crippen LogP contribution in [0.15, 0.2) is 85.2 Å². The molecule has 2 amide bonds. The lowest BCUT2D eigenvalue weighted by atomic mass is 10.1. The minimum Gasteiger partial charge on any atom is -0.322 e. The second-order valence-corrected chi connectivity index (χ2v) is 6.18. The number of carbonyl (C=O) groups is 2. The van der Waals surface area contributed by atoms with E-state index in [1.807, 2.05) is 0 Å². The van der Waals surface area contributed by atoms with E-state index < -0.39 is 23.6 Å². The first kappa shape index (κ1) is 20.8. The molecule has 8 heteroatoms. The van der Waals surface area contributed by atoms with E-state index >= 15 is 0 Å². The molecule has 0 fully saturated rings. The maximum absolute atomic E-state index is 13.4. The van der Waals surface area contributed by atoms with Gasteiger partial charge in [0.15, 0.2) is 0 Å². The molecule has 1 heterocycles. The number of benzene rings is 2. The van der Waals surface area contributed by atoms with Crippen LogP contribution in [0.1, 0.15) is 15.9 Å². The molecule has 0 bridgehead atoms. The van der Waals surface area contributed by atoms with Crippen LogP contribution in [0.2, 0.25) is 0 Å². The Bertz CT molecular complexity index is 1070. The van der Waals surface area contributed by atoms with E-state index in [1.165, 1.54) is 60.9 Å². The van der Waals surface area contributed by atoms with Crippen LogP contribution in [0.4, 0.5) is 24.5 Å². The van der Waals surface area contributed by atoms with Crippen LogP contribution in [0.5, 0.6) is 0 Å². The zero-order valence-electron chi connectivity index (χ0n) is 15.5. The van der Waals surface area contributed by atoms with Crippen molar-refractivity contribution in [2.75, 3.05) is 10.6 Å². The molecule has 0 spiro atoms. The highest BCUT2D eigenvalue weighted by Gasteiger charge is 2.35. The molecule has 3 aromatic rings. The lowest BCUT2D eigenvalue weighted by Gasteiger charge is -2.12. The van der Waals surface area contributed by atoms with Gasteiger partial charge in [0.05, 0.1) is 5.57 Å². The molecule has 2 N–H and O–H groups in total. The van der Waals surface area contributed by atoms with Crippen molar-refractivity contribution in [1.82, 2.24) is 4.98 Å². The Labute approximate surface area is 170 Å². The average Bonchev–Trinajstić information content (AvgIpc) is 2.73. The van der Waals surface area contributed by atoms with E-state index in [-0.39, 0.29) is 16.8 Å². The number of amides is 2. The van der Waals surface area contributed by atoms with Crippen LogP contribution in [0.25, 0.3) is 5.57 Å². The molecule has 0 aliphatic rings. The van der Waals surface area contributed by atoms with E-state index in [1.54, 1.807) is 18.2 Å². The fourth-order valence-corrected chi connectivity index (χ4v) is 2.63. The minimum absolute atomic E-state index is 0.120. The quantitative estimate of drug-likeness (QED) is 0.586. The van der Waals surface area contributed by atoms with Crippen LogP contribution < -0.4 is 10.6 Å². The smallest absolute Gasteiger partial charge is 0.322 e. The van der Waals surface area contributed by atoms with Crippen LogP contribution >= 0.6 is 0 Å². The highest BCUT2D eigenvalue weighted by Crippen LogP contribution is 2.33. The monoisotopic (exact) mass is 411 g/mol. The van der Waals surface area contributed by atoms with Crippen LogP contribution in [0.3, 0.4) is 0 Å². The van der Waals surface area contributed by atoms with Crippen molar-refractivity contribution in [1.29, 1.82) is 0 Å². The van der Waals surface area contributed by atoms with E-state index in [9.17, 15) is 22.8 Å². The molecule has 0 atom stereocenters. The molecule has 0 unspecified atom stereocenters. The summed E-state index contributed by atoms with van der Waals surface area (Å²) >= 11 is 0. The number of halogens is 3. The number of aromatic nitrogens is 1. The van der Waals surface area contributed by atoms with Crippen molar-refractivity contribution in [2.45, 2.75) is 6.18 Å². The van der Waals surface area contributed by atoms with Crippen molar-refractivity contribution >= 4 is 28.8 Å². The largest absolute Gasteiger partial charge is 0.417 e. The highest BCUT2D eigenvalue weighted by atomic mass is 19.4. The lowest BCUT2D eigenvalue weighted by Crippen LogP contribution is -2.16. The average molecular weight is 411 g/mol. The fraction of sp³-hybridized carbons (Fsp3) is 0.0455. The molecule has 0 aliphatic heterocycles. The maximum Gasteiger partial charge on any atom is 0.417 e. The normalized spacial score (nSPS) is 11.6. The Kier molecular flexibility index (Phi) is 6.26. The number of hydrogen-bond donors (Lipinski definition) is 2. The first-order chi connectivity index (χ1) is 14.3. The lowest BCUT2D eigenvalue weighted by molar-refractivity contribution is -0.112. The molecule has 0 aliphatic carbocycles. The molecule has 0 saturated carbocycles.